The molecule has 0 saturated heterocycles. The van der Waals surface area contributed by atoms with E-state index in [4.69, 9.17) is 14.5 Å². The molecular weight excluding hydrogens is 396 g/mol. The maximum Gasteiger partial charge on any atom is 0.258 e. The molecule has 4 rings (SSSR count). The second-order valence-corrected chi connectivity index (χ2v) is 7.31. The molecule has 0 bridgehead atoms. The fourth-order valence-electron chi connectivity index (χ4n) is 3.67. The molecule has 0 spiro atoms. The number of hydrogen-bond acceptors (Lipinski definition) is 7. The summed E-state index contributed by atoms with van der Waals surface area (Å²) < 4.78 is 5.37. The zero-order valence-corrected chi connectivity index (χ0v) is 17.4. The minimum Gasteiger partial charge on any atom is -0.396 e. The molecule has 2 aromatic carbocycles. The van der Waals surface area contributed by atoms with Crippen LogP contribution in [0.25, 0.3) is 11.1 Å². The number of rotatable bonds is 7. The third-order valence-electron chi connectivity index (χ3n) is 5.20. The maximum absolute atomic E-state index is 13.3. The molecule has 3 aromatic rings. The van der Waals surface area contributed by atoms with E-state index in [1.165, 1.54) is 12.7 Å². The van der Waals surface area contributed by atoms with Crippen molar-refractivity contribution in [2.24, 2.45) is 0 Å². The molecule has 1 aliphatic rings. The van der Waals surface area contributed by atoms with Crippen molar-refractivity contribution in [2.75, 3.05) is 13.7 Å². The van der Waals surface area contributed by atoms with Gasteiger partial charge in [-0.25, -0.2) is 0 Å². The third kappa shape index (κ3) is 4.35. The van der Waals surface area contributed by atoms with E-state index >= 15 is 0 Å². The van der Waals surface area contributed by atoms with Crippen LogP contribution >= 0.6 is 0 Å². The van der Waals surface area contributed by atoms with Crippen molar-refractivity contribution in [1.29, 1.82) is 0 Å². The summed E-state index contributed by atoms with van der Waals surface area (Å²) in [5, 5.41) is 13.0. The van der Waals surface area contributed by atoms with E-state index < -0.39 is 6.04 Å². The van der Waals surface area contributed by atoms with Crippen LogP contribution in [0.5, 0.6) is 0 Å². The van der Waals surface area contributed by atoms with Crippen LogP contribution in [-0.4, -0.2) is 39.8 Å². The Kier molecular flexibility index (Phi) is 6.11. The van der Waals surface area contributed by atoms with Gasteiger partial charge in [-0.15, -0.1) is 0 Å². The van der Waals surface area contributed by atoms with Gasteiger partial charge in [-0.1, -0.05) is 41.6 Å². The number of aryl methyl sites for hydroxylation is 1. The summed E-state index contributed by atoms with van der Waals surface area (Å²) in [5.41, 5.74) is 7.42. The minimum atomic E-state index is -0.457. The molecule has 1 aromatic heterocycles. The number of nitrogens with zero attached hydrogens (tertiary/aromatic N) is 3. The summed E-state index contributed by atoms with van der Waals surface area (Å²) >= 11 is 0. The molecular formula is C23H24N4O4. The van der Waals surface area contributed by atoms with Crippen molar-refractivity contribution in [3.63, 3.8) is 0 Å². The predicted molar refractivity (Wildman–Crippen MR) is 113 cm³/mol. The fourth-order valence-corrected chi connectivity index (χ4v) is 3.67. The van der Waals surface area contributed by atoms with Crippen LogP contribution in [0, 0.1) is 6.92 Å². The van der Waals surface area contributed by atoms with Crippen molar-refractivity contribution in [3.05, 3.63) is 83.3 Å². The largest absolute Gasteiger partial charge is 0.396 e. The van der Waals surface area contributed by atoms with Gasteiger partial charge >= 0.3 is 0 Å². The van der Waals surface area contributed by atoms with E-state index in [9.17, 15) is 4.79 Å². The number of carbonyl (C=O) groups excluding carboxylic acids is 1. The molecule has 1 amide bonds. The Hall–Kier alpha value is -3.49. The molecule has 0 fully saturated rings. The number of benzene rings is 2. The van der Waals surface area contributed by atoms with Gasteiger partial charge in [0.15, 0.2) is 5.82 Å². The highest BCUT2D eigenvalue weighted by Crippen LogP contribution is 2.34. The van der Waals surface area contributed by atoms with Gasteiger partial charge in [0.1, 0.15) is 6.04 Å². The van der Waals surface area contributed by atoms with Crippen LogP contribution in [0.3, 0.4) is 0 Å². The molecule has 0 saturated carbocycles. The Morgan fingerprint density at radius 3 is 2.74 bits per heavy atom. The summed E-state index contributed by atoms with van der Waals surface area (Å²) in [7, 11) is 1.51. The minimum absolute atomic E-state index is 0.0751. The average molecular weight is 420 g/mol. The number of hydrogen-bond donors (Lipinski definition) is 2. The smallest absolute Gasteiger partial charge is 0.258 e. The standard InChI is InChI=1S/C23H24N4O4/c1-15-5-3-4-6-19(15)16-7-9-17(10-8-16)23(29)27-14-18(25-30-2)13-20(27)22-24-21(11-12-28)26-31-22/h3-10,14,20,25,28H,11-13H2,1-2H3/t20-/m0/s1. The lowest BCUT2D eigenvalue weighted by atomic mass is 9.99. The monoisotopic (exact) mass is 420 g/mol. The highest BCUT2D eigenvalue weighted by molar-refractivity contribution is 5.96. The number of carbonyl (C=O) groups is 1. The predicted octanol–water partition coefficient (Wildman–Crippen LogP) is 3.16. The Balaban J connectivity index is 1.60. The molecule has 0 aliphatic carbocycles. The highest BCUT2D eigenvalue weighted by atomic mass is 16.6. The maximum atomic E-state index is 13.3. The highest BCUT2D eigenvalue weighted by Gasteiger charge is 2.35. The summed E-state index contributed by atoms with van der Waals surface area (Å²) in [6.45, 7) is 1.99. The Morgan fingerprint density at radius 2 is 2.03 bits per heavy atom. The summed E-state index contributed by atoms with van der Waals surface area (Å²) in [5.74, 6) is 0.536. The lowest BCUT2D eigenvalue weighted by molar-refractivity contribution is 0.0760. The van der Waals surface area contributed by atoms with E-state index in [2.05, 4.69) is 34.7 Å². The molecule has 31 heavy (non-hydrogen) atoms. The van der Waals surface area contributed by atoms with Crippen molar-refractivity contribution in [2.45, 2.75) is 25.8 Å². The summed E-state index contributed by atoms with van der Waals surface area (Å²) in [4.78, 5) is 24.2. The van der Waals surface area contributed by atoms with Crippen LogP contribution in [0.2, 0.25) is 0 Å². The van der Waals surface area contributed by atoms with Crippen LogP contribution in [0.1, 0.15) is 40.1 Å². The molecule has 8 nitrogen and oxygen atoms in total. The number of hydroxylamine groups is 1. The zero-order valence-electron chi connectivity index (χ0n) is 17.4. The lowest BCUT2D eigenvalue weighted by Crippen LogP contribution is -2.27. The lowest BCUT2D eigenvalue weighted by Gasteiger charge is -2.20. The Bertz CT molecular complexity index is 1090. The number of aromatic nitrogens is 2. The van der Waals surface area contributed by atoms with Crippen LogP contribution in [0.15, 0.2) is 65.0 Å². The molecule has 2 N–H and O–H groups in total. The first-order chi connectivity index (χ1) is 15.1. The SMILES string of the molecule is CONC1=CN(C(=O)c2ccc(-c3ccccc3C)cc2)[C@H](c2nc(CCO)no2)C1. The summed E-state index contributed by atoms with van der Waals surface area (Å²) in [6, 6.07) is 15.2. The molecule has 8 heteroatoms. The fraction of sp³-hybridized carbons (Fsp3) is 0.261. The van der Waals surface area contributed by atoms with Gasteiger partial charge in [0.05, 0.1) is 19.4 Å². The first-order valence-electron chi connectivity index (χ1n) is 10.0. The molecule has 0 radical (unpaired) electrons. The van der Waals surface area contributed by atoms with E-state index in [1.54, 1.807) is 11.1 Å². The molecule has 1 atom stereocenters. The van der Waals surface area contributed by atoms with Gasteiger partial charge in [0.25, 0.3) is 5.91 Å². The van der Waals surface area contributed by atoms with E-state index in [1.807, 2.05) is 36.4 Å². The quantitative estimate of drug-likeness (QED) is 0.566. The van der Waals surface area contributed by atoms with E-state index in [0.717, 1.165) is 16.8 Å². The topological polar surface area (TPSA) is 101 Å². The third-order valence-corrected chi connectivity index (χ3v) is 5.20. The van der Waals surface area contributed by atoms with Crippen LogP contribution in [-0.2, 0) is 11.3 Å². The molecule has 0 unspecified atom stereocenters. The van der Waals surface area contributed by atoms with Gasteiger partial charge in [-0.2, -0.15) is 4.98 Å². The second-order valence-electron chi connectivity index (χ2n) is 7.31. The first-order valence-corrected chi connectivity index (χ1v) is 10.0. The normalized spacial score (nSPS) is 15.8. The van der Waals surface area contributed by atoms with Gasteiger partial charge < -0.3 is 14.5 Å². The van der Waals surface area contributed by atoms with Gasteiger partial charge in [-0.3, -0.25) is 15.1 Å². The van der Waals surface area contributed by atoms with Gasteiger partial charge in [0.2, 0.25) is 5.89 Å². The molecule has 160 valence electrons. The Labute approximate surface area is 180 Å². The first kappa shape index (κ1) is 20.8. The second kappa shape index (κ2) is 9.11. The Morgan fingerprint density at radius 1 is 1.26 bits per heavy atom. The van der Waals surface area contributed by atoms with Crippen molar-refractivity contribution in [3.8, 4) is 11.1 Å². The van der Waals surface area contributed by atoms with Crippen LogP contribution in [0.4, 0.5) is 0 Å². The average Bonchev–Trinajstić information content (AvgIpc) is 3.41. The summed E-state index contributed by atoms with van der Waals surface area (Å²) in [6.07, 6.45) is 2.43. The van der Waals surface area contributed by atoms with E-state index in [0.29, 0.717) is 30.1 Å². The van der Waals surface area contributed by atoms with Gasteiger partial charge in [0, 0.05) is 24.6 Å². The zero-order chi connectivity index (χ0) is 21.8. The number of aliphatic hydroxyl groups excluding tert-OH is 1. The number of aliphatic hydroxyl groups is 1. The van der Waals surface area contributed by atoms with Crippen molar-refractivity contribution < 1.29 is 19.3 Å². The van der Waals surface area contributed by atoms with Crippen molar-refractivity contribution >= 4 is 5.91 Å². The molecule has 1 aliphatic heterocycles. The number of nitrogens with one attached hydrogen (secondary N) is 1. The molecule has 2 heterocycles. The van der Waals surface area contributed by atoms with Crippen LogP contribution < -0.4 is 5.48 Å². The van der Waals surface area contributed by atoms with Crippen molar-refractivity contribution in [1.82, 2.24) is 20.5 Å². The number of amides is 1. The van der Waals surface area contributed by atoms with E-state index in [-0.39, 0.29) is 12.5 Å². The van der Waals surface area contributed by atoms with Gasteiger partial charge in [-0.05, 0) is 35.7 Å².